The van der Waals surface area contributed by atoms with Crippen LogP contribution in [-0.4, -0.2) is 23.3 Å². The zero-order chi connectivity index (χ0) is 10.5. The Hall–Kier alpha value is -0.0800. The van der Waals surface area contributed by atoms with Crippen LogP contribution in [0.4, 0.5) is 0 Å². The van der Waals surface area contributed by atoms with Crippen molar-refractivity contribution in [3.63, 3.8) is 0 Å². The summed E-state index contributed by atoms with van der Waals surface area (Å²) < 4.78 is 0. The van der Waals surface area contributed by atoms with Crippen molar-refractivity contribution in [2.24, 2.45) is 5.92 Å². The summed E-state index contributed by atoms with van der Waals surface area (Å²) in [5.41, 5.74) is -0.156. The van der Waals surface area contributed by atoms with Crippen LogP contribution in [-0.2, 0) is 0 Å². The Morgan fingerprint density at radius 3 is 2.15 bits per heavy atom. The Kier molecular flexibility index (Phi) is 5.57. The molecule has 0 fully saturated rings. The van der Waals surface area contributed by atoms with Gasteiger partial charge in [-0.15, -0.1) is 0 Å². The van der Waals surface area contributed by atoms with E-state index in [9.17, 15) is 5.11 Å². The maximum atomic E-state index is 9.43. The molecule has 0 saturated heterocycles. The van der Waals surface area contributed by atoms with Gasteiger partial charge in [0.25, 0.3) is 0 Å². The molecule has 2 nitrogen and oxygen atoms in total. The molecule has 0 aromatic rings. The Balaban J connectivity index is 3.52. The molecule has 0 aromatic heterocycles. The van der Waals surface area contributed by atoms with Gasteiger partial charge in [0.2, 0.25) is 0 Å². The first kappa shape index (κ1) is 12.9. The smallest absolute Gasteiger partial charge is 0.0688 e. The average Bonchev–Trinajstić information content (AvgIpc) is 1.97. The lowest BCUT2D eigenvalue weighted by molar-refractivity contribution is 0.0965. The van der Waals surface area contributed by atoms with E-state index in [0.29, 0.717) is 0 Å². The van der Waals surface area contributed by atoms with E-state index in [1.807, 2.05) is 20.8 Å². The third-order valence-electron chi connectivity index (χ3n) is 2.58. The Bertz CT molecular complexity index is 130. The molecule has 0 aliphatic heterocycles. The molecule has 0 rings (SSSR count). The molecule has 0 aliphatic carbocycles. The molecule has 1 atom stereocenters. The number of aliphatic hydroxyl groups is 1. The van der Waals surface area contributed by atoms with Crippen molar-refractivity contribution in [1.82, 2.24) is 5.32 Å². The van der Waals surface area contributed by atoms with Crippen LogP contribution in [0.3, 0.4) is 0 Å². The zero-order valence-electron chi connectivity index (χ0n) is 9.72. The number of aliphatic hydroxyl groups excluding tert-OH is 1. The minimum absolute atomic E-state index is 0.156. The van der Waals surface area contributed by atoms with Gasteiger partial charge in [0.05, 0.1) is 6.10 Å². The van der Waals surface area contributed by atoms with Gasteiger partial charge in [-0.3, -0.25) is 0 Å². The first-order valence-corrected chi connectivity index (χ1v) is 5.29. The molecule has 0 aliphatic rings. The van der Waals surface area contributed by atoms with Gasteiger partial charge < -0.3 is 10.4 Å². The van der Waals surface area contributed by atoms with Gasteiger partial charge >= 0.3 is 0 Å². The van der Waals surface area contributed by atoms with Crippen molar-refractivity contribution in [2.45, 2.75) is 59.1 Å². The number of hydrogen-bond acceptors (Lipinski definition) is 2. The lowest BCUT2D eigenvalue weighted by Crippen LogP contribution is -2.48. The fourth-order valence-electron chi connectivity index (χ4n) is 1.07. The minimum atomic E-state index is -0.299. The summed E-state index contributed by atoms with van der Waals surface area (Å²) in [7, 11) is 0. The molecule has 0 bridgehead atoms. The van der Waals surface area contributed by atoms with Crippen LogP contribution < -0.4 is 5.32 Å². The first-order chi connectivity index (χ1) is 5.86. The molecular formula is C11H25NO. The predicted molar refractivity (Wildman–Crippen MR) is 57.8 cm³/mol. The summed E-state index contributed by atoms with van der Waals surface area (Å²) in [6.07, 6.45) is 2.14. The molecule has 80 valence electrons. The standard InChI is InChI=1S/C11H25NO/c1-9(2)7-6-8-12-11(4,5)10(3)13/h9-10,12-13H,6-8H2,1-5H3. The predicted octanol–water partition coefficient (Wildman–Crippen LogP) is 2.17. The zero-order valence-corrected chi connectivity index (χ0v) is 9.72. The van der Waals surface area contributed by atoms with Crippen molar-refractivity contribution < 1.29 is 5.11 Å². The fraction of sp³-hybridized carbons (Fsp3) is 1.00. The topological polar surface area (TPSA) is 32.3 Å². The van der Waals surface area contributed by atoms with E-state index < -0.39 is 0 Å². The average molecular weight is 187 g/mol. The van der Waals surface area contributed by atoms with E-state index >= 15 is 0 Å². The second kappa shape index (κ2) is 5.61. The van der Waals surface area contributed by atoms with Crippen molar-refractivity contribution in [3.05, 3.63) is 0 Å². The summed E-state index contributed by atoms with van der Waals surface area (Å²) in [6.45, 7) is 11.4. The normalized spacial score (nSPS) is 15.0. The third-order valence-corrected chi connectivity index (χ3v) is 2.58. The van der Waals surface area contributed by atoms with Crippen LogP contribution in [0.5, 0.6) is 0 Å². The second-order valence-corrected chi connectivity index (χ2v) is 4.86. The molecule has 1 unspecified atom stereocenters. The minimum Gasteiger partial charge on any atom is -0.392 e. The second-order valence-electron chi connectivity index (χ2n) is 4.86. The molecule has 0 amide bonds. The van der Waals surface area contributed by atoms with Crippen molar-refractivity contribution in [3.8, 4) is 0 Å². The van der Waals surface area contributed by atoms with Crippen LogP contribution >= 0.6 is 0 Å². The summed E-state index contributed by atoms with van der Waals surface area (Å²) in [5.74, 6) is 0.775. The van der Waals surface area contributed by atoms with Crippen molar-refractivity contribution in [1.29, 1.82) is 0 Å². The Labute approximate surface area is 82.7 Å². The summed E-state index contributed by atoms with van der Waals surface area (Å²) in [4.78, 5) is 0. The van der Waals surface area contributed by atoms with E-state index in [-0.39, 0.29) is 11.6 Å². The lowest BCUT2D eigenvalue weighted by atomic mass is 9.98. The van der Waals surface area contributed by atoms with Crippen LogP contribution in [0.2, 0.25) is 0 Å². The van der Waals surface area contributed by atoms with E-state index in [4.69, 9.17) is 0 Å². The van der Waals surface area contributed by atoms with Gasteiger partial charge in [0.1, 0.15) is 0 Å². The van der Waals surface area contributed by atoms with Gasteiger partial charge in [-0.05, 0) is 46.1 Å². The molecule has 0 saturated carbocycles. The maximum absolute atomic E-state index is 9.43. The molecule has 0 spiro atoms. The molecular weight excluding hydrogens is 162 g/mol. The van der Waals surface area contributed by atoms with E-state index in [0.717, 1.165) is 12.5 Å². The van der Waals surface area contributed by atoms with E-state index in [2.05, 4.69) is 19.2 Å². The van der Waals surface area contributed by atoms with E-state index in [1.165, 1.54) is 12.8 Å². The molecule has 0 heterocycles. The molecule has 2 heteroatoms. The van der Waals surface area contributed by atoms with Crippen LogP contribution in [0.1, 0.15) is 47.5 Å². The van der Waals surface area contributed by atoms with Crippen LogP contribution in [0.15, 0.2) is 0 Å². The van der Waals surface area contributed by atoms with Crippen molar-refractivity contribution >= 4 is 0 Å². The number of hydrogen-bond donors (Lipinski definition) is 2. The van der Waals surface area contributed by atoms with E-state index in [1.54, 1.807) is 0 Å². The quantitative estimate of drug-likeness (QED) is 0.625. The highest BCUT2D eigenvalue weighted by Gasteiger charge is 2.22. The highest BCUT2D eigenvalue weighted by atomic mass is 16.3. The van der Waals surface area contributed by atoms with Crippen molar-refractivity contribution in [2.75, 3.05) is 6.54 Å². The fourth-order valence-corrected chi connectivity index (χ4v) is 1.07. The van der Waals surface area contributed by atoms with Gasteiger partial charge in [0.15, 0.2) is 0 Å². The molecule has 13 heavy (non-hydrogen) atoms. The van der Waals surface area contributed by atoms with Gasteiger partial charge in [-0.2, -0.15) is 0 Å². The summed E-state index contributed by atoms with van der Waals surface area (Å²) >= 11 is 0. The molecule has 0 radical (unpaired) electrons. The Morgan fingerprint density at radius 2 is 1.77 bits per heavy atom. The highest BCUT2D eigenvalue weighted by Crippen LogP contribution is 2.09. The van der Waals surface area contributed by atoms with Gasteiger partial charge in [-0.1, -0.05) is 13.8 Å². The monoisotopic (exact) mass is 187 g/mol. The summed E-state index contributed by atoms with van der Waals surface area (Å²) in [6, 6.07) is 0. The lowest BCUT2D eigenvalue weighted by Gasteiger charge is -2.29. The van der Waals surface area contributed by atoms with Crippen LogP contribution in [0.25, 0.3) is 0 Å². The largest absolute Gasteiger partial charge is 0.392 e. The molecule has 0 aromatic carbocycles. The first-order valence-electron chi connectivity index (χ1n) is 5.29. The van der Waals surface area contributed by atoms with Gasteiger partial charge in [0, 0.05) is 5.54 Å². The third kappa shape index (κ3) is 6.05. The SMILES string of the molecule is CC(C)CCCNC(C)(C)C(C)O. The number of nitrogens with one attached hydrogen (secondary N) is 1. The Morgan fingerprint density at radius 1 is 1.23 bits per heavy atom. The van der Waals surface area contributed by atoms with Crippen LogP contribution in [0, 0.1) is 5.92 Å². The summed E-state index contributed by atoms with van der Waals surface area (Å²) in [5, 5.41) is 12.8. The van der Waals surface area contributed by atoms with Gasteiger partial charge in [-0.25, -0.2) is 0 Å². The maximum Gasteiger partial charge on any atom is 0.0688 e. The highest BCUT2D eigenvalue weighted by molar-refractivity contribution is 4.82. The molecule has 2 N–H and O–H groups in total. The number of rotatable bonds is 6.